The zero-order chi connectivity index (χ0) is 22.2. The van der Waals surface area contributed by atoms with Gasteiger partial charge in [-0.05, 0) is 73.4 Å². The van der Waals surface area contributed by atoms with Gasteiger partial charge in [0.05, 0.1) is 11.0 Å². The maximum atomic E-state index is 14.7. The molecule has 0 aliphatic carbocycles. The SMILES string of the molecule is CCNC(=O)Nc1nc2cc(-c3ccc4c(c3)CC(C)N4)cc(-c3ncccc3F)c2[nH]1. The summed E-state index contributed by atoms with van der Waals surface area (Å²) in [6.45, 7) is 4.48. The number of aromatic amines is 1. The molecule has 1 unspecified atom stereocenters. The fourth-order valence-electron chi connectivity index (χ4n) is 4.15. The summed E-state index contributed by atoms with van der Waals surface area (Å²) in [6, 6.07) is 13.1. The Morgan fingerprint density at radius 2 is 2.09 bits per heavy atom. The van der Waals surface area contributed by atoms with Crippen LogP contribution < -0.4 is 16.0 Å². The maximum absolute atomic E-state index is 14.7. The highest BCUT2D eigenvalue weighted by molar-refractivity contribution is 5.98. The Morgan fingerprint density at radius 3 is 2.91 bits per heavy atom. The average Bonchev–Trinajstić information content (AvgIpc) is 3.34. The number of halogens is 1. The first kappa shape index (κ1) is 20.0. The van der Waals surface area contributed by atoms with Gasteiger partial charge in [-0.2, -0.15) is 0 Å². The molecule has 32 heavy (non-hydrogen) atoms. The lowest BCUT2D eigenvalue weighted by Crippen LogP contribution is -2.28. The number of fused-ring (bicyclic) bond motifs is 2. The summed E-state index contributed by atoms with van der Waals surface area (Å²) in [5.41, 5.74) is 6.34. The normalized spacial score (nSPS) is 14.8. The molecule has 2 aromatic heterocycles. The Labute approximate surface area is 184 Å². The summed E-state index contributed by atoms with van der Waals surface area (Å²) in [7, 11) is 0. The number of nitrogens with one attached hydrogen (secondary N) is 4. The number of anilines is 2. The summed E-state index contributed by atoms with van der Waals surface area (Å²) in [6.07, 6.45) is 2.51. The van der Waals surface area contributed by atoms with Gasteiger partial charge in [-0.3, -0.25) is 10.3 Å². The van der Waals surface area contributed by atoms with Crippen molar-refractivity contribution in [2.24, 2.45) is 0 Å². The number of urea groups is 1. The van der Waals surface area contributed by atoms with Gasteiger partial charge < -0.3 is 15.6 Å². The number of imidazole rings is 1. The molecule has 1 aliphatic rings. The average molecular weight is 430 g/mol. The fourth-order valence-corrected chi connectivity index (χ4v) is 4.15. The minimum absolute atomic E-state index is 0.226. The first-order valence-electron chi connectivity index (χ1n) is 10.6. The highest BCUT2D eigenvalue weighted by Gasteiger charge is 2.19. The number of hydrogen-bond donors (Lipinski definition) is 4. The Balaban J connectivity index is 1.65. The molecule has 0 radical (unpaired) electrons. The molecule has 7 nitrogen and oxygen atoms in total. The lowest BCUT2D eigenvalue weighted by atomic mass is 9.97. The predicted molar refractivity (Wildman–Crippen MR) is 124 cm³/mol. The number of H-pyrrole nitrogens is 1. The number of amides is 2. The van der Waals surface area contributed by atoms with Crippen LogP contribution in [-0.2, 0) is 6.42 Å². The highest BCUT2D eigenvalue weighted by Crippen LogP contribution is 2.36. The number of benzene rings is 2. The summed E-state index contributed by atoms with van der Waals surface area (Å²) < 4.78 is 14.7. The van der Waals surface area contributed by atoms with Crippen molar-refractivity contribution in [2.75, 3.05) is 17.2 Å². The second kappa shape index (κ2) is 7.96. The van der Waals surface area contributed by atoms with Gasteiger partial charge in [-0.25, -0.2) is 14.2 Å². The number of pyridine rings is 1. The van der Waals surface area contributed by atoms with Gasteiger partial charge in [0.1, 0.15) is 11.5 Å². The summed E-state index contributed by atoms with van der Waals surface area (Å²) in [5.74, 6) is -0.140. The van der Waals surface area contributed by atoms with E-state index in [1.165, 1.54) is 11.6 Å². The molecule has 8 heteroatoms. The van der Waals surface area contributed by atoms with Gasteiger partial charge in [0.25, 0.3) is 0 Å². The molecule has 0 saturated heterocycles. The van der Waals surface area contributed by atoms with Gasteiger partial charge in [0, 0.05) is 30.0 Å². The molecule has 4 N–H and O–H groups in total. The lowest BCUT2D eigenvalue weighted by Gasteiger charge is -2.09. The van der Waals surface area contributed by atoms with E-state index in [9.17, 15) is 9.18 Å². The Bertz CT molecular complexity index is 1330. The third kappa shape index (κ3) is 3.64. The number of hydrogen-bond acceptors (Lipinski definition) is 4. The summed E-state index contributed by atoms with van der Waals surface area (Å²) in [4.78, 5) is 23.9. The third-order valence-electron chi connectivity index (χ3n) is 5.54. The van der Waals surface area contributed by atoms with Crippen molar-refractivity contribution in [1.29, 1.82) is 0 Å². The van der Waals surface area contributed by atoms with Crippen LogP contribution in [0.5, 0.6) is 0 Å². The van der Waals surface area contributed by atoms with E-state index in [-0.39, 0.29) is 17.7 Å². The minimum Gasteiger partial charge on any atom is -0.382 e. The maximum Gasteiger partial charge on any atom is 0.321 e. The van der Waals surface area contributed by atoms with E-state index in [1.54, 1.807) is 12.3 Å². The van der Waals surface area contributed by atoms with Crippen LogP contribution in [0.3, 0.4) is 0 Å². The Kier molecular flexibility index (Phi) is 4.97. The molecule has 162 valence electrons. The molecule has 0 saturated carbocycles. The molecule has 5 rings (SSSR count). The topological polar surface area (TPSA) is 94.7 Å². The van der Waals surface area contributed by atoms with Crippen molar-refractivity contribution in [3.63, 3.8) is 0 Å². The number of rotatable bonds is 4. The van der Waals surface area contributed by atoms with Gasteiger partial charge in [-0.1, -0.05) is 6.07 Å². The van der Waals surface area contributed by atoms with Crippen LogP contribution in [0.4, 0.5) is 20.8 Å². The standard InChI is InChI=1S/C24H23FN6O/c1-3-26-24(32)31-23-29-20-12-15(14-6-7-19-16(10-14)9-13(2)28-19)11-17(22(20)30-23)21-18(25)5-4-8-27-21/h4-8,10-13,28H,3,9H2,1-2H3,(H3,26,29,30,31,32). The van der Waals surface area contributed by atoms with E-state index in [0.717, 1.165) is 23.2 Å². The number of carbonyl (C=O) groups is 1. The van der Waals surface area contributed by atoms with E-state index >= 15 is 0 Å². The zero-order valence-electron chi connectivity index (χ0n) is 17.8. The number of nitrogens with zero attached hydrogens (tertiary/aromatic N) is 2. The van der Waals surface area contributed by atoms with Crippen LogP contribution in [0.2, 0.25) is 0 Å². The molecule has 2 aromatic carbocycles. The first-order valence-corrected chi connectivity index (χ1v) is 10.6. The molecule has 4 aromatic rings. The van der Waals surface area contributed by atoms with E-state index in [0.29, 0.717) is 29.2 Å². The molecule has 3 heterocycles. The predicted octanol–water partition coefficient (Wildman–Crippen LogP) is 4.93. The second-order valence-corrected chi connectivity index (χ2v) is 7.94. The van der Waals surface area contributed by atoms with Crippen LogP contribution >= 0.6 is 0 Å². The van der Waals surface area contributed by atoms with Crippen LogP contribution in [0.1, 0.15) is 19.4 Å². The smallest absolute Gasteiger partial charge is 0.321 e. The zero-order valence-corrected chi connectivity index (χ0v) is 17.8. The van der Waals surface area contributed by atoms with Crippen LogP contribution in [0.25, 0.3) is 33.4 Å². The molecule has 0 bridgehead atoms. The van der Waals surface area contributed by atoms with E-state index in [2.05, 4.69) is 50.0 Å². The van der Waals surface area contributed by atoms with Crippen LogP contribution in [0.15, 0.2) is 48.7 Å². The van der Waals surface area contributed by atoms with Crippen molar-refractivity contribution in [3.05, 3.63) is 60.0 Å². The van der Waals surface area contributed by atoms with Crippen LogP contribution in [0, 0.1) is 5.82 Å². The summed E-state index contributed by atoms with van der Waals surface area (Å²) in [5, 5.41) is 8.81. The first-order chi connectivity index (χ1) is 15.5. The van der Waals surface area contributed by atoms with Crippen molar-refractivity contribution in [1.82, 2.24) is 20.3 Å². The Hall–Kier alpha value is -3.94. The molecule has 1 aliphatic heterocycles. The molecule has 1 atom stereocenters. The quantitative estimate of drug-likeness (QED) is 0.369. The highest BCUT2D eigenvalue weighted by atomic mass is 19.1. The minimum atomic E-state index is -0.425. The van der Waals surface area contributed by atoms with Gasteiger partial charge in [0.15, 0.2) is 0 Å². The third-order valence-corrected chi connectivity index (χ3v) is 5.54. The Morgan fingerprint density at radius 1 is 1.22 bits per heavy atom. The van der Waals surface area contributed by atoms with E-state index in [4.69, 9.17) is 0 Å². The lowest BCUT2D eigenvalue weighted by molar-refractivity contribution is 0.252. The van der Waals surface area contributed by atoms with Crippen molar-refractivity contribution >= 4 is 28.7 Å². The van der Waals surface area contributed by atoms with Crippen LogP contribution in [-0.4, -0.2) is 33.6 Å². The van der Waals surface area contributed by atoms with Gasteiger partial charge in [0.2, 0.25) is 5.95 Å². The van der Waals surface area contributed by atoms with Crippen molar-refractivity contribution in [2.45, 2.75) is 26.3 Å². The van der Waals surface area contributed by atoms with Gasteiger partial charge in [-0.15, -0.1) is 0 Å². The number of aromatic nitrogens is 3. The van der Waals surface area contributed by atoms with Crippen molar-refractivity contribution in [3.8, 4) is 22.4 Å². The second-order valence-electron chi connectivity index (χ2n) is 7.94. The van der Waals surface area contributed by atoms with Crippen molar-refractivity contribution < 1.29 is 9.18 Å². The largest absolute Gasteiger partial charge is 0.382 e. The number of carbonyl (C=O) groups excluding carboxylic acids is 1. The molecule has 2 amide bonds. The van der Waals surface area contributed by atoms with E-state index in [1.807, 2.05) is 25.1 Å². The molecular formula is C24H23FN6O. The van der Waals surface area contributed by atoms with E-state index < -0.39 is 5.82 Å². The fraction of sp³-hybridized carbons (Fsp3) is 0.208. The monoisotopic (exact) mass is 430 g/mol. The molecule has 0 spiro atoms. The molecule has 0 fully saturated rings. The summed E-state index contributed by atoms with van der Waals surface area (Å²) >= 11 is 0. The van der Waals surface area contributed by atoms with Gasteiger partial charge >= 0.3 is 6.03 Å². The molecular weight excluding hydrogens is 407 g/mol.